The van der Waals surface area contributed by atoms with Crippen molar-refractivity contribution >= 4 is 0 Å². The molecule has 0 radical (unpaired) electrons. The van der Waals surface area contributed by atoms with E-state index in [0.717, 1.165) is 19.5 Å². The summed E-state index contributed by atoms with van der Waals surface area (Å²) < 4.78 is 0. The third-order valence-corrected chi connectivity index (χ3v) is 4.26. The molecule has 0 aliphatic carbocycles. The fraction of sp³-hybridized carbons (Fsp3) is 0.625. The van der Waals surface area contributed by atoms with E-state index in [1.807, 2.05) is 18.2 Å². The highest BCUT2D eigenvalue weighted by molar-refractivity contribution is 5.16. The van der Waals surface area contributed by atoms with E-state index in [2.05, 4.69) is 30.9 Å². The van der Waals surface area contributed by atoms with Gasteiger partial charge in [0.05, 0.1) is 6.10 Å². The van der Waals surface area contributed by atoms with Gasteiger partial charge in [0, 0.05) is 12.0 Å². The van der Waals surface area contributed by atoms with Crippen molar-refractivity contribution in [1.82, 2.24) is 4.90 Å². The van der Waals surface area contributed by atoms with E-state index in [4.69, 9.17) is 0 Å². The average molecular weight is 247 g/mol. The highest BCUT2D eigenvalue weighted by atomic mass is 16.3. The lowest BCUT2D eigenvalue weighted by molar-refractivity contribution is -0.0187. The van der Waals surface area contributed by atoms with Crippen molar-refractivity contribution in [3.63, 3.8) is 0 Å². The summed E-state index contributed by atoms with van der Waals surface area (Å²) in [7, 11) is 0. The Bertz CT molecular complexity index is 355. The van der Waals surface area contributed by atoms with Crippen LogP contribution >= 0.6 is 0 Å². The van der Waals surface area contributed by atoms with Gasteiger partial charge in [-0.15, -0.1) is 0 Å². The van der Waals surface area contributed by atoms with Crippen molar-refractivity contribution in [3.05, 3.63) is 35.9 Å². The third kappa shape index (κ3) is 3.12. The van der Waals surface area contributed by atoms with E-state index in [-0.39, 0.29) is 11.6 Å². The Labute approximate surface area is 111 Å². The normalized spacial score (nSPS) is 19.7. The summed E-state index contributed by atoms with van der Waals surface area (Å²) >= 11 is 0. The number of rotatable bonds is 4. The second kappa shape index (κ2) is 5.85. The van der Waals surface area contributed by atoms with Crippen molar-refractivity contribution in [2.24, 2.45) is 0 Å². The summed E-state index contributed by atoms with van der Waals surface area (Å²) in [4.78, 5) is 2.45. The summed E-state index contributed by atoms with van der Waals surface area (Å²) in [5.74, 6) is 0. The van der Waals surface area contributed by atoms with E-state index in [0.29, 0.717) is 0 Å². The minimum absolute atomic E-state index is 0.129. The molecular weight excluding hydrogens is 222 g/mol. The molecule has 1 aliphatic heterocycles. The van der Waals surface area contributed by atoms with Crippen LogP contribution in [0.1, 0.15) is 38.7 Å². The van der Waals surface area contributed by atoms with Crippen LogP contribution in [0.3, 0.4) is 0 Å². The van der Waals surface area contributed by atoms with Crippen LogP contribution in [-0.4, -0.2) is 34.7 Å². The molecule has 1 aliphatic rings. The molecule has 1 aromatic rings. The van der Waals surface area contributed by atoms with E-state index >= 15 is 0 Å². The number of hydrogen-bond donors (Lipinski definition) is 1. The third-order valence-electron chi connectivity index (χ3n) is 4.26. The van der Waals surface area contributed by atoms with E-state index in [1.165, 1.54) is 24.8 Å². The number of piperidine rings is 1. The molecule has 0 bridgehead atoms. The van der Waals surface area contributed by atoms with E-state index in [9.17, 15) is 5.11 Å². The Morgan fingerprint density at radius 3 is 2.33 bits per heavy atom. The van der Waals surface area contributed by atoms with Gasteiger partial charge in [-0.1, -0.05) is 36.8 Å². The van der Waals surface area contributed by atoms with Gasteiger partial charge < -0.3 is 5.11 Å². The fourth-order valence-corrected chi connectivity index (χ4v) is 2.77. The first-order valence-electron chi connectivity index (χ1n) is 7.08. The molecule has 100 valence electrons. The minimum Gasteiger partial charge on any atom is -0.391 e. The summed E-state index contributed by atoms with van der Waals surface area (Å²) in [5.41, 5.74) is 1.09. The minimum atomic E-state index is -0.307. The van der Waals surface area contributed by atoms with Crippen LogP contribution < -0.4 is 0 Å². The van der Waals surface area contributed by atoms with Gasteiger partial charge in [0.25, 0.3) is 0 Å². The summed E-state index contributed by atoms with van der Waals surface area (Å²) in [6.07, 6.45) is 4.30. The fourth-order valence-electron chi connectivity index (χ4n) is 2.77. The van der Waals surface area contributed by atoms with Gasteiger partial charge in [-0.25, -0.2) is 0 Å². The first kappa shape index (κ1) is 13.6. The van der Waals surface area contributed by atoms with Crippen LogP contribution in [0, 0.1) is 0 Å². The number of likely N-dealkylation sites (tertiary alicyclic amines) is 1. The second-order valence-corrected chi connectivity index (χ2v) is 5.91. The predicted octanol–water partition coefficient (Wildman–Crippen LogP) is 2.85. The molecule has 1 fully saturated rings. The second-order valence-electron chi connectivity index (χ2n) is 5.91. The van der Waals surface area contributed by atoms with Crippen molar-refractivity contribution < 1.29 is 5.11 Å². The number of aliphatic hydroxyl groups excluding tert-OH is 1. The van der Waals surface area contributed by atoms with E-state index < -0.39 is 0 Å². The molecule has 0 saturated carbocycles. The lowest BCUT2D eigenvalue weighted by Gasteiger charge is -2.44. The maximum absolute atomic E-state index is 10.5. The smallest absolute Gasteiger partial charge is 0.0758 e. The van der Waals surface area contributed by atoms with Gasteiger partial charge >= 0.3 is 0 Å². The molecule has 1 saturated heterocycles. The SMILES string of the molecule is CC(C)(C(O)Cc1ccccc1)N1CCCCC1. The molecule has 1 heterocycles. The van der Waals surface area contributed by atoms with Crippen LogP contribution in [-0.2, 0) is 6.42 Å². The van der Waals surface area contributed by atoms with E-state index in [1.54, 1.807) is 0 Å². The highest BCUT2D eigenvalue weighted by Gasteiger charge is 2.34. The van der Waals surface area contributed by atoms with Gasteiger partial charge in [0.15, 0.2) is 0 Å². The molecule has 1 atom stereocenters. The molecule has 18 heavy (non-hydrogen) atoms. The van der Waals surface area contributed by atoms with Crippen molar-refractivity contribution in [2.45, 2.75) is 51.2 Å². The largest absolute Gasteiger partial charge is 0.391 e. The summed E-state index contributed by atoms with van der Waals surface area (Å²) in [5, 5.41) is 10.5. The molecule has 1 unspecified atom stereocenters. The van der Waals surface area contributed by atoms with Gasteiger partial charge in [-0.2, -0.15) is 0 Å². The number of aliphatic hydroxyl groups is 1. The zero-order chi connectivity index (χ0) is 13.0. The van der Waals surface area contributed by atoms with Crippen LogP contribution in [0.5, 0.6) is 0 Å². The van der Waals surface area contributed by atoms with Gasteiger partial charge in [0.2, 0.25) is 0 Å². The van der Waals surface area contributed by atoms with Gasteiger partial charge in [-0.05, 0) is 45.3 Å². The number of hydrogen-bond acceptors (Lipinski definition) is 2. The van der Waals surface area contributed by atoms with Crippen LogP contribution in [0.15, 0.2) is 30.3 Å². The first-order chi connectivity index (χ1) is 8.60. The Hall–Kier alpha value is -0.860. The quantitative estimate of drug-likeness (QED) is 0.884. The van der Waals surface area contributed by atoms with Crippen LogP contribution in [0.4, 0.5) is 0 Å². The molecule has 2 rings (SSSR count). The molecule has 0 amide bonds. The lowest BCUT2D eigenvalue weighted by Crippen LogP contribution is -2.54. The summed E-state index contributed by atoms with van der Waals surface area (Å²) in [6.45, 7) is 6.59. The first-order valence-corrected chi connectivity index (χ1v) is 7.08. The molecular formula is C16H25NO. The zero-order valence-corrected chi connectivity index (χ0v) is 11.6. The molecule has 0 spiro atoms. The van der Waals surface area contributed by atoms with Crippen LogP contribution in [0.2, 0.25) is 0 Å². The van der Waals surface area contributed by atoms with Crippen molar-refractivity contribution in [1.29, 1.82) is 0 Å². The highest BCUT2D eigenvalue weighted by Crippen LogP contribution is 2.25. The number of benzene rings is 1. The maximum atomic E-state index is 10.5. The molecule has 0 aromatic heterocycles. The Kier molecular flexibility index (Phi) is 4.41. The Balaban J connectivity index is 2.00. The molecule has 2 heteroatoms. The topological polar surface area (TPSA) is 23.5 Å². The van der Waals surface area contributed by atoms with Crippen LogP contribution in [0.25, 0.3) is 0 Å². The van der Waals surface area contributed by atoms with Crippen molar-refractivity contribution in [2.75, 3.05) is 13.1 Å². The predicted molar refractivity (Wildman–Crippen MR) is 75.7 cm³/mol. The van der Waals surface area contributed by atoms with Gasteiger partial charge in [-0.3, -0.25) is 4.90 Å². The average Bonchev–Trinajstić information content (AvgIpc) is 2.41. The Morgan fingerprint density at radius 2 is 1.72 bits per heavy atom. The molecule has 2 nitrogen and oxygen atoms in total. The summed E-state index contributed by atoms with van der Waals surface area (Å²) in [6, 6.07) is 10.3. The monoisotopic (exact) mass is 247 g/mol. The van der Waals surface area contributed by atoms with Gasteiger partial charge in [0.1, 0.15) is 0 Å². The van der Waals surface area contributed by atoms with Crippen molar-refractivity contribution in [3.8, 4) is 0 Å². The Morgan fingerprint density at radius 1 is 1.11 bits per heavy atom. The maximum Gasteiger partial charge on any atom is 0.0758 e. The number of nitrogens with zero attached hydrogens (tertiary/aromatic N) is 1. The lowest BCUT2D eigenvalue weighted by atomic mass is 9.88. The molecule has 1 N–H and O–H groups in total. The molecule has 1 aromatic carbocycles. The standard InChI is InChI=1S/C16H25NO/c1-16(2,17-11-7-4-8-12-17)15(18)13-14-9-5-3-6-10-14/h3,5-6,9-10,15,18H,4,7-8,11-13H2,1-2H3. The zero-order valence-electron chi connectivity index (χ0n) is 11.6.